The molecule has 1 aromatic rings. The molecular formula is C11H15Br2NO3S2. The maximum absolute atomic E-state index is 12.1. The largest absolute Gasteiger partial charge is 0.260 e. The zero-order chi connectivity index (χ0) is 14.6. The average Bonchev–Trinajstić information content (AvgIpc) is 2.27. The van der Waals surface area contributed by atoms with Gasteiger partial charge in [-0.3, -0.25) is 4.21 Å². The van der Waals surface area contributed by atoms with Gasteiger partial charge in [0.05, 0.1) is 4.90 Å². The molecule has 0 radical (unpaired) electrons. The molecule has 4 nitrogen and oxygen atoms in total. The predicted octanol–water partition coefficient (Wildman–Crippen LogP) is 2.65. The summed E-state index contributed by atoms with van der Waals surface area (Å²) in [5.41, 5.74) is 0. The zero-order valence-electron chi connectivity index (χ0n) is 10.5. The van der Waals surface area contributed by atoms with E-state index in [0.29, 0.717) is 10.9 Å². The zero-order valence-corrected chi connectivity index (χ0v) is 15.3. The third kappa shape index (κ3) is 5.26. The van der Waals surface area contributed by atoms with Crippen molar-refractivity contribution in [1.29, 1.82) is 0 Å². The minimum atomic E-state index is -3.55. The van der Waals surface area contributed by atoms with Gasteiger partial charge in [-0.25, -0.2) is 13.1 Å². The summed E-state index contributed by atoms with van der Waals surface area (Å²) in [6.45, 7) is 2.10. The van der Waals surface area contributed by atoms with Gasteiger partial charge in [0.15, 0.2) is 0 Å². The van der Waals surface area contributed by atoms with Gasteiger partial charge in [0.25, 0.3) is 0 Å². The Kier molecular flexibility index (Phi) is 6.65. The molecule has 0 aliphatic heterocycles. The first kappa shape index (κ1) is 17.3. The molecule has 8 heteroatoms. The quantitative estimate of drug-likeness (QED) is 0.751. The summed E-state index contributed by atoms with van der Waals surface area (Å²) in [6.07, 6.45) is 2.15. The van der Waals surface area contributed by atoms with Crippen molar-refractivity contribution in [3.05, 3.63) is 27.1 Å². The van der Waals surface area contributed by atoms with Gasteiger partial charge in [0, 0.05) is 37.8 Å². The third-order valence-electron chi connectivity index (χ3n) is 2.59. The fraction of sp³-hybridized carbons (Fsp3) is 0.455. The Bertz CT molecular complexity index is 575. The fourth-order valence-electron chi connectivity index (χ4n) is 1.33. The Balaban J connectivity index is 2.74. The van der Waals surface area contributed by atoms with Gasteiger partial charge in [-0.15, -0.1) is 0 Å². The van der Waals surface area contributed by atoms with Crippen molar-refractivity contribution in [1.82, 2.24) is 4.72 Å². The van der Waals surface area contributed by atoms with Crippen LogP contribution in [0.4, 0.5) is 0 Å². The Morgan fingerprint density at radius 2 is 2.00 bits per heavy atom. The molecule has 0 aromatic heterocycles. The molecule has 0 heterocycles. The van der Waals surface area contributed by atoms with E-state index in [1.54, 1.807) is 18.4 Å². The van der Waals surface area contributed by atoms with Crippen LogP contribution in [0.15, 0.2) is 32.0 Å². The van der Waals surface area contributed by atoms with Crippen LogP contribution in [0.25, 0.3) is 0 Å². The molecular weight excluding hydrogens is 418 g/mol. The summed E-state index contributed by atoms with van der Waals surface area (Å²) in [5.74, 6) is 0. The van der Waals surface area contributed by atoms with Crippen LogP contribution in [0.1, 0.15) is 13.3 Å². The van der Waals surface area contributed by atoms with E-state index in [2.05, 4.69) is 36.6 Å². The van der Waals surface area contributed by atoms with Crippen molar-refractivity contribution in [2.75, 3.05) is 12.8 Å². The molecule has 0 amide bonds. The van der Waals surface area contributed by atoms with Crippen molar-refractivity contribution < 1.29 is 12.6 Å². The minimum absolute atomic E-state index is 0.0314. The molecule has 1 aromatic carbocycles. The Morgan fingerprint density at radius 3 is 2.53 bits per heavy atom. The lowest BCUT2D eigenvalue weighted by Gasteiger charge is -2.11. The highest BCUT2D eigenvalue weighted by atomic mass is 79.9. The van der Waals surface area contributed by atoms with E-state index in [-0.39, 0.29) is 16.7 Å². The van der Waals surface area contributed by atoms with Gasteiger partial charge in [-0.05, 0) is 40.5 Å². The second-order valence-corrected chi connectivity index (χ2v) is 9.38. The molecule has 1 rings (SSSR count). The summed E-state index contributed by atoms with van der Waals surface area (Å²) in [6, 6.07) is 4.87. The second kappa shape index (κ2) is 7.31. The van der Waals surface area contributed by atoms with Gasteiger partial charge < -0.3 is 0 Å². The minimum Gasteiger partial charge on any atom is -0.260 e. The maximum Gasteiger partial charge on any atom is 0.241 e. The first-order valence-corrected chi connectivity index (χ1v) is 10.2. The second-order valence-electron chi connectivity index (χ2n) is 4.07. The van der Waals surface area contributed by atoms with Crippen molar-refractivity contribution in [3.63, 3.8) is 0 Å². The van der Waals surface area contributed by atoms with Crippen molar-refractivity contribution >= 4 is 52.7 Å². The van der Waals surface area contributed by atoms with Crippen LogP contribution < -0.4 is 4.72 Å². The first-order valence-electron chi connectivity index (χ1n) is 5.51. The van der Waals surface area contributed by atoms with Gasteiger partial charge in [0.1, 0.15) is 0 Å². The summed E-state index contributed by atoms with van der Waals surface area (Å²) < 4.78 is 39.2. The summed E-state index contributed by atoms with van der Waals surface area (Å²) in [4.78, 5) is 0.195. The molecule has 19 heavy (non-hydrogen) atoms. The molecule has 0 fully saturated rings. The molecule has 2 atom stereocenters. The predicted molar refractivity (Wildman–Crippen MR) is 85.2 cm³/mol. The van der Waals surface area contributed by atoms with Crippen LogP contribution in [0.5, 0.6) is 0 Å². The van der Waals surface area contributed by atoms with E-state index in [0.717, 1.165) is 4.47 Å². The average molecular weight is 433 g/mol. The summed E-state index contributed by atoms with van der Waals surface area (Å²) >= 11 is 6.50. The molecule has 0 saturated carbocycles. The molecule has 1 N–H and O–H groups in total. The van der Waals surface area contributed by atoms with E-state index in [1.165, 1.54) is 6.07 Å². The number of benzene rings is 1. The van der Waals surface area contributed by atoms with Crippen LogP contribution in [-0.2, 0) is 20.8 Å². The third-order valence-corrected chi connectivity index (χ3v) is 6.89. The highest BCUT2D eigenvalue weighted by molar-refractivity contribution is 9.11. The standard InChI is InChI=1S/C11H15Br2NO3S2/c1-8(18(2)15)5-6-14-19(16,17)11-4-3-9(12)7-10(11)13/h3-4,7-8,14H,5-6H2,1-2H3. The molecule has 0 aliphatic rings. The molecule has 0 aliphatic carbocycles. The topological polar surface area (TPSA) is 63.2 Å². The van der Waals surface area contributed by atoms with Crippen LogP contribution in [0.3, 0.4) is 0 Å². The highest BCUT2D eigenvalue weighted by Gasteiger charge is 2.18. The number of sulfonamides is 1. The van der Waals surface area contributed by atoms with Gasteiger partial charge >= 0.3 is 0 Å². The molecule has 0 bridgehead atoms. The molecule has 108 valence electrons. The highest BCUT2D eigenvalue weighted by Crippen LogP contribution is 2.25. The number of halogens is 2. The van der Waals surface area contributed by atoms with Crippen molar-refractivity contribution in [2.45, 2.75) is 23.5 Å². The van der Waals surface area contributed by atoms with Crippen LogP contribution in [-0.4, -0.2) is 30.7 Å². The first-order chi connectivity index (χ1) is 8.74. The Labute approximate surface area is 133 Å². The van der Waals surface area contributed by atoms with E-state index >= 15 is 0 Å². The fourth-order valence-corrected chi connectivity index (χ4v) is 4.57. The number of hydrogen-bond acceptors (Lipinski definition) is 3. The van der Waals surface area contributed by atoms with Gasteiger partial charge in [0.2, 0.25) is 10.0 Å². The van der Waals surface area contributed by atoms with E-state index in [4.69, 9.17) is 0 Å². The van der Waals surface area contributed by atoms with Crippen molar-refractivity contribution in [3.8, 4) is 0 Å². The molecule has 0 saturated heterocycles. The number of rotatable bonds is 6. The van der Waals surface area contributed by atoms with Crippen LogP contribution in [0.2, 0.25) is 0 Å². The van der Waals surface area contributed by atoms with E-state index < -0.39 is 20.8 Å². The lowest BCUT2D eigenvalue weighted by molar-refractivity contribution is 0.577. The van der Waals surface area contributed by atoms with Gasteiger partial charge in [-0.1, -0.05) is 22.9 Å². The Morgan fingerprint density at radius 1 is 1.37 bits per heavy atom. The Hall–Kier alpha value is 0.240. The van der Waals surface area contributed by atoms with Crippen molar-refractivity contribution in [2.24, 2.45) is 0 Å². The maximum atomic E-state index is 12.1. The number of hydrogen-bond donors (Lipinski definition) is 1. The lowest BCUT2D eigenvalue weighted by Crippen LogP contribution is -2.27. The van der Waals surface area contributed by atoms with E-state index in [1.807, 2.05) is 6.92 Å². The van der Waals surface area contributed by atoms with Crippen LogP contribution >= 0.6 is 31.9 Å². The summed E-state index contributed by atoms with van der Waals surface area (Å²) in [7, 11) is -4.49. The SMILES string of the molecule is CC(CCNS(=O)(=O)c1ccc(Br)cc1Br)S(C)=O. The summed E-state index contributed by atoms with van der Waals surface area (Å²) in [5, 5.41) is -0.0314. The smallest absolute Gasteiger partial charge is 0.241 e. The lowest BCUT2D eigenvalue weighted by atomic mass is 10.3. The van der Waals surface area contributed by atoms with Gasteiger partial charge in [-0.2, -0.15) is 0 Å². The normalized spacial score (nSPS) is 15.2. The molecule has 2 unspecified atom stereocenters. The van der Waals surface area contributed by atoms with Crippen LogP contribution in [0, 0.1) is 0 Å². The van der Waals surface area contributed by atoms with E-state index in [9.17, 15) is 12.6 Å². The molecule has 0 spiro atoms. The number of nitrogens with one attached hydrogen (secondary N) is 1. The monoisotopic (exact) mass is 431 g/mol.